The third-order valence-electron chi connectivity index (χ3n) is 12.5. The van der Waals surface area contributed by atoms with Crippen LogP contribution in [0.1, 0.15) is 34.9 Å². The summed E-state index contributed by atoms with van der Waals surface area (Å²) >= 11 is 0. The molecule has 2 bridgehead atoms. The molecule has 2 heterocycles. The van der Waals surface area contributed by atoms with Crippen molar-refractivity contribution in [3.63, 3.8) is 0 Å². The average molecular weight is 639 g/mol. The SMILES string of the molecule is CC12c3ccccc3C(c3nc(-c4ccc5c6c(cccc46)-c4ccccc4-5)nc4oc5ccccc5c34)(c3ccccc31)C1C=CC=C[C@H]12. The van der Waals surface area contributed by atoms with Gasteiger partial charge in [-0.2, -0.15) is 4.98 Å². The summed E-state index contributed by atoms with van der Waals surface area (Å²) in [5.41, 5.74) is 13.2. The molecule has 2 atom stereocenters. The number of aromatic nitrogens is 2. The molecule has 0 aliphatic heterocycles. The van der Waals surface area contributed by atoms with E-state index in [1.807, 2.05) is 6.07 Å². The van der Waals surface area contributed by atoms with Gasteiger partial charge in [0.05, 0.1) is 16.5 Å². The highest BCUT2D eigenvalue weighted by Gasteiger charge is 2.64. The van der Waals surface area contributed by atoms with Gasteiger partial charge in [-0.1, -0.05) is 146 Å². The molecule has 0 amide bonds. The van der Waals surface area contributed by atoms with Crippen LogP contribution in [0.5, 0.6) is 0 Å². The molecule has 6 aromatic carbocycles. The van der Waals surface area contributed by atoms with Crippen molar-refractivity contribution in [1.29, 1.82) is 0 Å². The number of allylic oxidation sites excluding steroid dienone is 4. The first-order chi connectivity index (χ1) is 24.7. The predicted octanol–water partition coefficient (Wildman–Crippen LogP) is 11.2. The Hall–Kier alpha value is -6.06. The fraction of sp³-hybridized carbons (Fsp3) is 0.106. The van der Waals surface area contributed by atoms with Crippen molar-refractivity contribution in [2.45, 2.75) is 17.8 Å². The van der Waals surface area contributed by atoms with Crippen LogP contribution in [-0.4, -0.2) is 9.97 Å². The molecule has 5 aliphatic rings. The van der Waals surface area contributed by atoms with Crippen LogP contribution in [0.4, 0.5) is 0 Å². The molecular formula is C47H30N2O. The standard InChI is InChI=1S/C47H30N2O/c1-46-34-18-5-8-21-37(34)47(38-22-9-6-19-35(38)46,39-23-10-7-20-36(39)46)43-42-33-15-4-11-24-40(33)50-45(42)49-44(48-43)32-26-25-31-28-14-3-2-13-27(28)29-16-12-17-30(32)41(29)31/h2-26,34,37H,1H3/t34-,37?,46?,47?/m1/s1. The number of hydrogen-bond donors (Lipinski definition) is 0. The fourth-order valence-electron chi connectivity index (χ4n) is 10.6. The van der Waals surface area contributed by atoms with E-state index in [0.29, 0.717) is 11.5 Å². The molecule has 0 saturated heterocycles. The van der Waals surface area contributed by atoms with Crippen LogP contribution < -0.4 is 0 Å². The van der Waals surface area contributed by atoms with Gasteiger partial charge < -0.3 is 4.42 Å². The largest absolute Gasteiger partial charge is 0.438 e. The Morgan fingerprint density at radius 3 is 1.84 bits per heavy atom. The lowest BCUT2D eigenvalue weighted by Gasteiger charge is -2.62. The first-order valence-corrected chi connectivity index (χ1v) is 17.6. The summed E-state index contributed by atoms with van der Waals surface area (Å²) in [4.78, 5) is 11.2. The lowest BCUT2D eigenvalue weighted by atomic mass is 9.40. The van der Waals surface area contributed by atoms with Crippen LogP contribution in [0.15, 0.2) is 156 Å². The molecule has 1 unspecified atom stereocenters. The molecule has 0 N–H and O–H groups in total. The van der Waals surface area contributed by atoms with Gasteiger partial charge in [-0.15, -0.1) is 0 Å². The third kappa shape index (κ3) is 2.97. The van der Waals surface area contributed by atoms with Crippen LogP contribution in [0.25, 0.3) is 66.5 Å². The number of furan rings is 1. The van der Waals surface area contributed by atoms with Gasteiger partial charge in [0.15, 0.2) is 5.82 Å². The van der Waals surface area contributed by atoms with Crippen LogP contribution in [0.3, 0.4) is 0 Å². The third-order valence-corrected chi connectivity index (χ3v) is 12.5. The smallest absolute Gasteiger partial charge is 0.231 e. The van der Waals surface area contributed by atoms with Gasteiger partial charge in [0, 0.05) is 22.3 Å². The molecule has 3 nitrogen and oxygen atoms in total. The molecule has 5 aliphatic carbocycles. The maximum atomic E-state index is 6.72. The van der Waals surface area contributed by atoms with Gasteiger partial charge in [0.25, 0.3) is 0 Å². The minimum Gasteiger partial charge on any atom is -0.438 e. The van der Waals surface area contributed by atoms with E-state index in [2.05, 4.69) is 153 Å². The molecule has 0 saturated carbocycles. The first-order valence-electron chi connectivity index (χ1n) is 17.6. The van der Waals surface area contributed by atoms with Crippen molar-refractivity contribution in [2.75, 3.05) is 0 Å². The van der Waals surface area contributed by atoms with Crippen molar-refractivity contribution < 1.29 is 4.42 Å². The van der Waals surface area contributed by atoms with Crippen LogP contribution in [0.2, 0.25) is 0 Å². The molecule has 13 rings (SSSR count). The van der Waals surface area contributed by atoms with E-state index >= 15 is 0 Å². The predicted molar refractivity (Wildman–Crippen MR) is 201 cm³/mol. The van der Waals surface area contributed by atoms with E-state index in [1.165, 1.54) is 49.9 Å². The number of benzene rings is 6. The normalized spacial score (nSPS) is 23.3. The molecule has 3 heteroatoms. The summed E-state index contributed by atoms with van der Waals surface area (Å²) < 4.78 is 6.72. The molecule has 0 radical (unpaired) electrons. The Morgan fingerprint density at radius 2 is 1.08 bits per heavy atom. The second-order valence-electron chi connectivity index (χ2n) is 14.5. The maximum absolute atomic E-state index is 6.72. The Kier molecular flexibility index (Phi) is 4.90. The molecule has 0 spiro atoms. The van der Waals surface area contributed by atoms with Crippen molar-refractivity contribution >= 4 is 32.8 Å². The second-order valence-corrected chi connectivity index (χ2v) is 14.5. The summed E-state index contributed by atoms with van der Waals surface area (Å²) in [7, 11) is 0. The van der Waals surface area contributed by atoms with E-state index < -0.39 is 5.41 Å². The van der Waals surface area contributed by atoms with Gasteiger partial charge in [-0.05, 0) is 73.3 Å². The second kappa shape index (κ2) is 9.13. The van der Waals surface area contributed by atoms with E-state index in [4.69, 9.17) is 14.4 Å². The first kappa shape index (κ1) is 26.8. The highest BCUT2D eigenvalue weighted by atomic mass is 16.3. The maximum Gasteiger partial charge on any atom is 0.231 e. The number of nitrogens with zero attached hydrogens (tertiary/aromatic N) is 2. The molecular weight excluding hydrogens is 609 g/mol. The van der Waals surface area contributed by atoms with E-state index in [-0.39, 0.29) is 17.3 Å². The van der Waals surface area contributed by atoms with Gasteiger partial charge >= 0.3 is 0 Å². The summed E-state index contributed by atoms with van der Waals surface area (Å²) in [6.07, 6.45) is 9.37. The van der Waals surface area contributed by atoms with Crippen molar-refractivity contribution in [1.82, 2.24) is 9.97 Å². The zero-order valence-corrected chi connectivity index (χ0v) is 27.4. The number of fused-ring (bicyclic) bond motifs is 6. The summed E-state index contributed by atoms with van der Waals surface area (Å²) in [6.45, 7) is 2.45. The molecule has 50 heavy (non-hydrogen) atoms. The van der Waals surface area contributed by atoms with Crippen molar-refractivity contribution in [3.05, 3.63) is 180 Å². The zero-order valence-electron chi connectivity index (χ0n) is 27.4. The topological polar surface area (TPSA) is 38.9 Å². The van der Waals surface area contributed by atoms with Gasteiger partial charge in [0.2, 0.25) is 5.71 Å². The van der Waals surface area contributed by atoms with Gasteiger partial charge in [-0.3, -0.25) is 0 Å². The molecule has 0 fully saturated rings. The zero-order chi connectivity index (χ0) is 32.8. The monoisotopic (exact) mass is 638 g/mol. The summed E-state index contributed by atoms with van der Waals surface area (Å²) in [5.74, 6) is 1.09. The average Bonchev–Trinajstić information content (AvgIpc) is 3.72. The van der Waals surface area contributed by atoms with Gasteiger partial charge in [0.1, 0.15) is 5.58 Å². The van der Waals surface area contributed by atoms with E-state index in [1.54, 1.807) is 0 Å². The Balaban J connectivity index is 1.25. The Bertz CT molecular complexity index is 2790. The van der Waals surface area contributed by atoms with Crippen LogP contribution in [-0.2, 0) is 10.8 Å². The Labute approximate surface area is 289 Å². The lowest BCUT2D eigenvalue weighted by Crippen LogP contribution is -2.59. The quantitative estimate of drug-likeness (QED) is 0.189. The van der Waals surface area contributed by atoms with E-state index in [0.717, 1.165) is 33.0 Å². The Morgan fingerprint density at radius 1 is 0.500 bits per heavy atom. The minimum absolute atomic E-state index is 0.143. The van der Waals surface area contributed by atoms with Crippen LogP contribution >= 0.6 is 0 Å². The highest BCUT2D eigenvalue weighted by Crippen LogP contribution is 2.68. The highest BCUT2D eigenvalue weighted by molar-refractivity contribution is 6.18. The number of para-hydroxylation sites is 1. The number of hydrogen-bond acceptors (Lipinski definition) is 3. The molecule has 2 aromatic heterocycles. The summed E-state index contributed by atoms with van der Waals surface area (Å²) in [6, 6.07) is 46.5. The van der Waals surface area contributed by atoms with Crippen LogP contribution in [0, 0.1) is 11.8 Å². The molecule has 234 valence electrons. The summed E-state index contributed by atoms with van der Waals surface area (Å²) in [5, 5.41) is 4.48. The fourth-order valence-corrected chi connectivity index (χ4v) is 10.6. The molecule has 8 aromatic rings. The minimum atomic E-state index is -0.579. The lowest BCUT2D eigenvalue weighted by molar-refractivity contribution is 0.199. The van der Waals surface area contributed by atoms with Gasteiger partial charge in [-0.25, -0.2) is 4.98 Å². The van der Waals surface area contributed by atoms with E-state index in [9.17, 15) is 0 Å². The van der Waals surface area contributed by atoms with Crippen molar-refractivity contribution in [3.8, 4) is 33.6 Å². The van der Waals surface area contributed by atoms with Crippen molar-refractivity contribution in [2.24, 2.45) is 11.8 Å². The number of rotatable bonds is 2.